The third-order valence-electron chi connectivity index (χ3n) is 3.97. The number of aliphatic hydroxyl groups is 1. The smallest absolute Gasteiger partial charge is 0.0678 e. The Morgan fingerprint density at radius 3 is 2.42 bits per heavy atom. The molecule has 0 aromatic rings. The molecule has 4 nitrogen and oxygen atoms in total. The minimum Gasteiger partial charge on any atom is -0.394 e. The number of rotatable bonds is 7. The molecule has 1 fully saturated rings. The van der Waals surface area contributed by atoms with Crippen molar-refractivity contribution in [2.75, 3.05) is 26.2 Å². The zero-order valence-corrected chi connectivity index (χ0v) is 13.3. The lowest BCUT2D eigenvalue weighted by Crippen LogP contribution is -2.54. The van der Waals surface area contributed by atoms with E-state index in [0.29, 0.717) is 18.2 Å². The quantitative estimate of drug-likeness (QED) is 0.739. The summed E-state index contributed by atoms with van der Waals surface area (Å²) in [5.74, 6) is 0. The van der Waals surface area contributed by atoms with Crippen LogP contribution in [0, 0.1) is 0 Å². The molecule has 0 amide bonds. The van der Waals surface area contributed by atoms with Gasteiger partial charge in [0.15, 0.2) is 0 Å². The molecule has 1 aliphatic rings. The summed E-state index contributed by atoms with van der Waals surface area (Å²) in [6.07, 6.45) is 2.66. The highest BCUT2D eigenvalue weighted by Crippen LogP contribution is 2.20. The lowest BCUT2D eigenvalue weighted by atomic mass is 9.93. The second-order valence-electron chi connectivity index (χ2n) is 6.41. The van der Waals surface area contributed by atoms with E-state index in [2.05, 4.69) is 44.8 Å². The molecule has 4 heteroatoms. The monoisotopic (exact) mass is 272 g/mol. The first-order chi connectivity index (χ1) is 8.90. The van der Waals surface area contributed by atoms with Gasteiger partial charge in [-0.05, 0) is 47.1 Å². The summed E-state index contributed by atoms with van der Waals surface area (Å²) in [5.41, 5.74) is -0.180. The van der Waals surface area contributed by atoms with Gasteiger partial charge in [-0.25, -0.2) is 0 Å². The Balaban J connectivity index is 2.53. The molecule has 1 saturated heterocycles. The van der Waals surface area contributed by atoms with Crippen molar-refractivity contribution in [2.24, 2.45) is 0 Å². The van der Waals surface area contributed by atoms with Crippen molar-refractivity contribution < 1.29 is 9.84 Å². The van der Waals surface area contributed by atoms with Crippen LogP contribution >= 0.6 is 0 Å². The van der Waals surface area contributed by atoms with Gasteiger partial charge in [0, 0.05) is 24.7 Å². The largest absolute Gasteiger partial charge is 0.394 e. The fourth-order valence-corrected chi connectivity index (χ4v) is 2.98. The minimum absolute atomic E-state index is 0.180. The Hall–Kier alpha value is -0.160. The molecule has 0 bridgehead atoms. The number of ether oxygens (including phenoxy) is 1. The van der Waals surface area contributed by atoms with E-state index in [0.717, 1.165) is 32.5 Å². The van der Waals surface area contributed by atoms with Gasteiger partial charge in [0.2, 0.25) is 0 Å². The summed E-state index contributed by atoms with van der Waals surface area (Å²) in [5, 5.41) is 13.1. The number of hydrogen-bond acceptors (Lipinski definition) is 4. The molecule has 1 heterocycles. The second-order valence-corrected chi connectivity index (χ2v) is 6.41. The zero-order chi connectivity index (χ0) is 14.5. The van der Waals surface area contributed by atoms with Crippen LogP contribution in [0.2, 0.25) is 0 Å². The normalized spacial score (nSPS) is 30.0. The van der Waals surface area contributed by atoms with E-state index in [1.165, 1.54) is 0 Å². The summed E-state index contributed by atoms with van der Waals surface area (Å²) in [6.45, 7) is 13.9. The van der Waals surface area contributed by atoms with Crippen LogP contribution in [-0.4, -0.2) is 60.0 Å². The van der Waals surface area contributed by atoms with Gasteiger partial charge in [-0.2, -0.15) is 0 Å². The maximum absolute atomic E-state index is 9.66. The molecule has 0 aromatic carbocycles. The molecule has 0 aromatic heterocycles. The molecule has 19 heavy (non-hydrogen) atoms. The highest BCUT2D eigenvalue weighted by Gasteiger charge is 2.31. The first-order valence-electron chi connectivity index (χ1n) is 7.65. The van der Waals surface area contributed by atoms with Crippen LogP contribution in [0.15, 0.2) is 0 Å². The van der Waals surface area contributed by atoms with Crippen LogP contribution in [0.5, 0.6) is 0 Å². The summed E-state index contributed by atoms with van der Waals surface area (Å²) < 4.78 is 5.78. The number of hydrogen-bond donors (Lipinski definition) is 2. The van der Waals surface area contributed by atoms with Crippen LogP contribution in [0.3, 0.4) is 0 Å². The second kappa shape index (κ2) is 7.58. The number of aliphatic hydroxyl groups excluding tert-OH is 1. The van der Waals surface area contributed by atoms with Crippen molar-refractivity contribution in [3.8, 4) is 0 Å². The zero-order valence-electron chi connectivity index (χ0n) is 13.3. The maximum Gasteiger partial charge on any atom is 0.0678 e. The summed E-state index contributed by atoms with van der Waals surface area (Å²) in [6, 6.07) is 0.454. The van der Waals surface area contributed by atoms with E-state index in [-0.39, 0.29) is 12.1 Å². The fourth-order valence-electron chi connectivity index (χ4n) is 2.98. The van der Waals surface area contributed by atoms with E-state index < -0.39 is 0 Å². The molecule has 0 aliphatic carbocycles. The van der Waals surface area contributed by atoms with Gasteiger partial charge in [-0.15, -0.1) is 0 Å². The van der Waals surface area contributed by atoms with Gasteiger partial charge >= 0.3 is 0 Å². The van der Waals surface area contributed by atoms with Crippen molar-refractivity contribution in [1.29, 1.82) is 0 Å². The molecule has 2 unspecified atom stereocenters. The molecule has 2 N–H and O–H groups in total. The van der Waals surface area contributed by atoms with Gasteiger partial charge in [0.1, 0.15) is 0 Å². The molecule has 114 valence electrons. The van der Waals surface area contributed by atoms with E-state index >= 15 is 0 Å². The standard InChI is InChI=1S/C15H32N2O2/c1-6-7-16-15(5,11-18)8-12(2)17-9-13(3)19-14(4)10-17/h12-14,16,18H,6-11H2,1-5H3/t12?,13-,14+,15?. The van der Waals surface area contributed by atoms with Gasteiger partial charge in [0.25, 0.3) is 0 Å². The van der Waals surface area contributed by atoms with Crippen LogP contribution in [0.4, 0.5) is 0 Å². The van der Waals surface area contributed by atoms with Gasteiger partial charge in [-0.3, -0.25) is 4.90 Å². The van der Waals surface area contributed by atoms with Crippen molar-refractivity contribution in [3.63, 3.8) is 0 Å². The molecule has 4 atom stereocenters. The minimum atomic E-state index is -0.180. The molecular weight excluding hydrogens is 240 g/mol. The van der Waals surface area contributed by atoms with Gasteiger partial charge < -0.3 is 15.2 Å². The van der Waals surface area contributed by atoms with Crippen molar-refractivity contribution in [1.82, 2.24) is 10.2 Å². The molecule has 1 rings (SSSR count). The van der Waals surface area contributed by atoms with Crippen molar-refractivity contribution in [2.45, 2.75) is 71.2 Å². The predicted octanol–water partition coefficient (Wildman–Crippen LogP) is 1.62. The molecular formula is C15H32N2O2. The summed E-state index contributed by atoms with van der Waals surface area (Å²) in [7, 11) is 0. The molecule has 0 radical (unpaired) electrons. The number of morpholine rings is 1. The molecule has 0 spiro atoms. The van der Waals surface area contributed by atoms with Gasteiger partial charge in [0.05, 0.1) is 18.8 Å². The van der Waals surface area contributed by atoms with E-state index in [1.54, 1.807) is 0 Å². The highest BCUT2D eigenvalue weighted by atomic mass is 16.5. The average molecular weight is 272 g/mol. The Morgan fingerprint density at radius 1 is 1.37 bits per heavy atom. The SMILES string of the molecule is CCCNC(C)(CO)CC(C)N1C[C@@H](C)O[C@@H](C)C1. The Bertz CT molecular complexity index is 253. The Kier molecular flexibility index (Phi) is 6.74. The Labute approximate surface area is 118 Å². The van der Waals surface area contributed by atoms with Crippen LogP contribution in [-0.2, 0) is 4.74 Å². The molecule has 1 aliphatic heterocycles. The van der Waals surface area contributed by atoms with Crippen LogP contribution < -0.4 is 5.32 Å². The third kappa shape index (κ3) is 5.38. The van der Waals surface area contributed by atoms with E-state index in [9.17, 15) is 5.11 Å². The third-order valence-corrected chi connectivity index (χ3v) is 3.97. The van der Waals surface area contributed by atoms with Crippen molar-refractivity contribution in [3.05, 3.63) is 0 Å². The summed E-state index contributed by atoms with van der Waals surface area (Å²) in [4.78, 5) is 2.49. The van der Waals surface area contributed by atoms with Gasteiger partial charge in [-0.1, -0.05) is 6.92 Å². The highest BCUT2D eigenvalue weighted by molar-refractivity contribution is 4.88. The lowest BCUT2D eigenvalue weighted by Gasteiger charge is -2.42. The fraction of sp³-hybridized carbons (Fsp3) is 1.00. The number of nitrogens with zero attached hydrogens (tertiary/aromatic N) is 1. The molecule has 0 saturated carbocycles. The van der Waals surface area contributed by atoms with Crippen LogP contribution in [0.1, 0.15) is 47.5 Å². The van der Waals surface area contributed by atoms with Crippen molar-refractivity contribution >= 4 is 0 Å². The Morgan fingerprint density at radius 2 is 1.95 bits per heavy atom. The summed E-state index contributed by atoms with van der Waals surface area (Å²) >= 11 is 0. The first-order valence-corrected chi connectivity index (χ1v) is 7.65. The average Bonchev–Trinajstić information content (AvgIpc) is 2.35. The van der Waals surface area contributed by atoms with Crippen LogP contribution in [0.25, 0.3) is 0 Å². The number of nitrogens with one attached hydrogen (secondary N) is 1. The van der Waals surface area contributed by atoms with E-state index in [1.807, 2.05) is 0 Å². The van der Waals surface area contributed by atoms with E-state index in [4.69, 9.17) is 4.74 Å². The maximum atomic E-state index is 9.66. The topological polar surface area (TPSA) is 44.7 Å². The first kappa shape index (κ1) is 16.9. The predicted molar refractivity (Wildman–Crippen MR) is 79.4 cm³/mol. The lowest BCUT2D eigenvalue weighted by molar-refractivity contribution is -0.0821.